The van der Waals surface area contributed by atoms with Crippen LogP contribution in [0, 0.1) is 5.41 Å². The molecular formula is C11H20O3. The Hall–Kier alpha value is -0.570. The molecule has 1 atom stereocenters. The van der Waals surface area contributed by atoms with E-state index in [9.17, 15) is 4.79 Å². The third kappa shape index (κ3) is 3.66. The summed E-state index contributed by atoms with van der Waals surface area (Å²) in [6.07, 6.45) is 3.46. The number of rotatable bonds is 6. The highest BCUT2D eigenvalue weighted by Gasteiger charge is 2.30. The summed E-state index contributed by atoms with van der Waals surface area (Å²) >= 11 is 0. The predicted molar refractivity (Wildman–Crippen MR) is 54.0 cm³/mol. The minimum atomic E-state index is -0.342. The van der Waals surface area contributed by atoms with Gasteiger partial charge in [-0.1, -0.05) is 0 Å². The highest BCUT2D eigenvalue weighted by atomic mass is 16.6. The first kappa shape index (κ1) is 11.5. The molecule has 3 heteroatoms. The van der Waals surface area contributed by atoms with Crippen LogP contribution in [0.5, 0.6) is 0 Å². The molecular weight excluding hydrogens is 180 g/mol. The number of carbonyl (C=O) groups is 1. The largest absolute Gasteiger partial charge is 0.466 e. The summed E-state index contributed by atoms with van der Waals surface area (Å²) in [5, 5.41) is 0. The van der Waals surface area contributed by atoms with Crippen LogP contribution in [0.1, 0.15) is 40.0 Å². The van der Waals surface area contributed by atoms with E-state index in [0.29, 0.717) is 12.7 Å². The molecule has 1 fully saturated rings. The van der Waals surface area contributed by atoms with Crippen LogP contribution in [-0.2, 0) is 14.3 Å². The number of hydrogen-bond donors (Lipinski definition) is 0. The van der Waals surface area contributed by atoms with Crippen LogP contribution in [0.2, 0.25) is 0 Å². The van der Waals surface area contributed by atoms with E-state index in [0.717, 1.165) is 25.9 Å². The molecule has 0 bridgehead atoms. The molecule has 1 rings (SSSR count). The molecule has 3 nitrogen and oxygen atoms in total. The van der Waals surface area contributed by atoms with E-state index < -0.39 is 0 Å². The first-order valence-electron chi connectivity index (χ1n) is 5.35. The number of carbonyl (C=O) groups excluding carboxylic acids is 1. The van der Waals surface area contributed by atoms with E-state index in [-0.39, 0.29) is 11.4 Å². The van der Waals surface area contributed by atoms with Crippen molar-refractivity contribution in [3.05, 3.63) is 0 Å². The maximum atomic E-state index is 11.5. The summed E-state index contributed by atoms with van der Waals surface area (Å²) < 4.78 is 10.1. The summed E-state index contributed by atoms with van der Waals surface area (Å²) in [6, 6.07) is 0. The number of hydrogen-bond acceptors (Lipinski definition) is 3. The summed E-state index contributed by atoms with van der Waals surface area (Å²) in [6.45, 7) is 7.09. The van der Waals surface area contributed by atoms with Crippen molar-refractivity contribution in [2.24, 2.45) is 5.41 Å². The lowest BCUT2D eigenvalue weighted by atomic mass is 9.87. The Bertz CT molecular complexity index is 195. The SMILES string of the molecule is CCOC(=O)C(C)(C)CCCC1CO1. The Labute approximate surface area is 85.8 Å². The van der Waals surface area contributed by atoms with Crippen molar-refractivity contribution in [2.45, 2.75) is 46.1 Å². The van der Waals surface area contributed by atoms with Crippen molar-refractivity contribution in [1.82, 2.24) is 0 Å². The molecule has 0 saturated carbocycles. The molecule has 1 heterocycles. The second-order valence-electron chi connectivity index (χ2n) is 4.45. The lowest BCUT2D eigenvalue weighted by molar-refractivity contribution is -0.153. The fraction of sp³-hybridized carbons (Fsp3) is 0.909. The quantitative estimate of drug-likeness (QED) is 0.487. The third-order valence-corrected chi connectivity index (χ3v) is 2.56. The zero-order chi connectivity index (χ0) is 10.6. The van der Waals surface area contributed by atoms with Crippen LogP contribution < -0.4 is 0 Å². The molecule has 0 spiro atoms. The Balaban J connectivity index is 2.20. The van der Waals surface area contributed by atoms with Crippen molar-refractivity contribution in [3.8, 4) is 0 Å². The normalized spacial score (nSPS) is 20.6. The molecule has 0 aliphatic carbocycles. The summed E-state index contributed by atoms with van der Waals surface area (Å²) in [5.41, 5.74) is -0.342. The molecule has 1 aliphatic rings. The molecule has 0 radical (unpaired) electrons. The van der Waals surface area contributed by atoms with Crippen LogP contribution in [-0.4, -0.2) is 25.3 Å². The van der Waals surface area contributed by atoms with Crippen LogP contribution in [0.3, 0.4) is 0 Å². The molecule has 0 aromatic rings. The molecule has 0 aromatic heterocycles. The van der Waals surface area contributed by atoms with Gasteiger partial charge in [-0.05, 0) is 40.0 Å². The minimum absolute atomic E-state index is 0.0864. The smallest absolute Gasteiger partial charge is 0.311 e. The second kappa shape index (κ2) is 4.78. The lowest BCUT2D eigenvalue weighted by Gasteiger charge is -2.21. The molecule has 14 heavy (non-hydrogen) atoms. The fourth-order valence-corrected chi connectivity index (χ4v) is 1.43. The van der Waals surface area contributed by atoms with Crippen molar-refractivity contribution in [3.63, 3.8) is 0 Å². The summed E-state index contributed by atoms with van der Waals surface area (Å²) in [5.74, 6) is -0.0864. The number of epoxide rings is 1. The molecule has 1 unspecified atom stereocenters. The van der Waals surface area contributed by atoms with E-state index in [1.165, 1.54) is 0 Å². The maximum Gasteiger partial charge on any atom is 0.311 e. The van der Waals surface area contributed by atoms with Gasteiger partial charge in [-0.2, -0.15) is 0 Å². The van der Waals surface area contributed by atoms with Gasteiger partial charge >= 0.3 is 5.97 Å². The van der Waals surface area contributed by atoms with E-state index in [2.05, 4.69) is 0 Å². The first-order chi connectivity index (χ1) is 6.56. The lowest BCUT2D eigenvalue weighted by Crippen LogP contribution is -2.26. The van der Waals surface area contributed by atoms with Crippen LogP contribution in [0.15, 0.2) is 0 Å². The minimum Gasteiger partial charge on any atom is -0.466 e. The van der Waals surface area contributed by atoms with Gasteiger partial charge in [0.1, 0.15) is 0 Å². The first-order valence-corrected chi connectivity index (χ1v) is 5.35. The van der Waals surface area contributed by atoms with Crippen molar-refractivity contribution in [2.75, 3.05) is 13.2 Å². The zero-order valence-corrected chi connectivity index (χ0v) is 9.34. The summed E-state index contributed by atoms with van der Waals surface area (Å²) in [4.78, 5) is 11.5. The van der Waals surface area contributed by atoms with E-state index in [4.69, 9.17) is 9.47 Å². The highest BCUT2D eigenvalue weighted by molar-refractivity contribution is 5.75. The van der Waals surface area contributed by atoms with E-state index in [1.807, 2.05) is 20.8 Å². The Morgan fingerprint density at radius 1 is 1.57 bits per heavy atom. The molecule has 0 N–H and O–H groups in total. The fourth-order valence-electron chi connectivity index (χ4n) is 1.43. The second-order valence-corrected chi connectivity index (χ2v) is 4.45. The van der Waals surface area contributed by atoms with Gasteiger partial charge in [0.2, 0.25) is 0 Å². The third-order valence-electron chi connectivity index (χ3n) is 2.56. The van der Waals surface area contributed by atoms with Crippen LogP contribution in [0.4, 0.5) is 0 Å². The zero-order valence-electron chi connectivity index (χ0n) is 9.34. The molecule has 82 valence electrons. The summed E-state index contributed by atoms with van der Waals surface area (Å²) in [7, 11) is 0. The van der Waals surface area contributed by atoms with Gasteiger partial charge in [0.15, 0.2) is 0 Å². The standard InChI is InChI=1S/C11H20O3/c1-4-13-10(12)11(2,3)7-5-6-9-8-14-9/h9H,4-8H2,1-3H3. The number of ether oxygens (including phenoxy) is 2. The van der Waals surface area contributed by atoms with Gasteiger partial charge in [-0.25, -0.2) is 0 Å². The van der Waals surface area contributed by atoms with Gasteiger partial charge < -0.3 is 9.47 Å². The molecule has 1 aliphatic heterocycles. The van der Waals surface area contributed by atoms with Crippen molar-refractivity contribution < 1.29 is 14.3 Å². The van der Waals surface area contributed by atoms with Crippen LogP contribution in [0.25, 0.3) is 0 Å². The highest BCUT2D eigenvalue weighted by Crippen LogP contribution is 2.27. The molecule has 0 aromatic carbocycles. The molecule has 1 saturated heterocycles. The average Bonchev–Trinajstić information content (AvgIpc) is 2.88. The Morgan fingerprint density at radius 3 is 2.71 bits per heavy atom. The van der Waals surface area contributed by atoms with Gasteiger partial charge in [0.25, 0.3) is 0 Å². The Morgan fingerprint density at radius 2 is 2.21 bits per heavy atom. The average molecular weight is 200 g/mol. The van der Waals surface area contributed by atoms with Gasteiger partial charge in [0.05, 0.1) is 24.7 Å². The van der Waals surface area contributed by atoms with Crippen LogP contribution >= 0.6 is 0 Å². The topological polar surface area (TPSA) is 38.8 Å². The van der Waals surface area contributed by atoms with E-state index in [1.54, 1.807) is 0 Å². The van der Waals surface area contributed by atoms with Gasteiger partial charge in [-0.15, -0.1) is 0 Å². The van der Waals surface area contributed by atoms with Gasteiger partial charge in [-0.3, -0.25) is 4.79 Å². The van der Waals surface area contributed by atoms with Crippen molar-refractivity contribution >= 4 is 5.97 Å². The van der Waals surface area contributed by atoms with Crippen molar-refractivity contribution in [1.29, 1.82) is 0 Å². The van der Waals surface area contributed by atoms with E-state index >= 15 is 0 Å². The Kier molecular flexibility index (Phi) is 3.93. The number of esters is 1. The molecule has 0 amide bonds. The predicted octanol–water partition coefficient (Wildman–Crippen LogP) is 2.14. The van der Waals surface area contributed by atoms with Gasteiger partial charge in [0, 0.05) is 0 Å². The maximum absolute atomic E-state index is 11.5. The monoisotopic (exact) mass is 200 g/mol.